The highest BCUT2D eigenvalue weighted by atomic mass is 35.5. The molecule has 1 aromatic carbocycles. The lowest BCUT2D eigenvalue weighted by atomic mass is 10.1. The maximum Gasteiger partial charge on any atom is 0.252 e. The number of hydrogen-bond donors (Lipinski definition) is 1. The van der Waals surface area contributed by atoms with Gasteiger partial charge in [0.2, 0.25) is 0 Å². The largest absolute Gasteiger partial charge is 0.497 e. The number of halogens is 1. The van der Waals surface area contributed by atoms with Gasteiger partial charge in [-0.3, -0.25) is 4.90 Å². The van der Waals surface area contributed by atoms with Crippen molar-refractivity contribution in [2.75, 3.05) is 33.8 Å². The van der Waals surface area contributed by atoms with E-state index in [2.05, 4.69) is 37.9 Å². The highest BCUT2D eigenvalue weighted by Gasteiger charge is 2.29. The smallest absolute Gasteiger partial charge is 0.252 e. The van der Waals surface area contributed by atoms with Gasteiger partial charge in [0.1, 0.15) is 17.6 Å². The minimum atomic E-state index is -0.301. The van der Waals surface area contributed by atoms with Crippen LogP contribution < -0.4 is 10.1 Å². The number of benzene rings is 1. The van der Waals surface area contributed by atoms with Crippen molar-refractivity contribution in [2.24, 2.45) is 0 Å². The van der Waals surface area contributed by atoms with Gasteiger partial charge < -0.3 is 14.6 Å². The Kier molecular flexibility index (Phi) is 6.78. The van der Waals surface area contributed by atoms with E-state index in [1.807, 2.05) is 31.2 Å². The Bertz CT molecular complexity index is 930. The van der Waals surface area contributed by atoms with Gasteiger partial charge in [0, 0.05) is 26.1 Å². The molecule has 2 atom stereocenters. The van der Waals surface area contributed by atoms with Gasteiger partial charge in [0.05, 0.1) is 13.2 Å². The molecule has 156 valence electrons. The van der Waals surface area contributed by atoms with Crippen molar-refractivity contribution in [1.82, 2.24) is 40.6 Å². The third kappa shape index (κ3) is 4.55. The number of nitrogens with one attached hydrogen (secondary N) is 1. The Morgan fingerprint density at radius 1 is 1.38 bits per heavy atom. The van der Waals surface area contributed by atoms with Gasteiger partial charge in [-0.25, -0.2) is 4.68 Å². The van der Waals surface area contributed by atoms with E-state index in [0.717, 1.165) is 30.9 Å². The molecule has 11 heteroatoms. The molecule has 2 aromatic heterocycles. The second kappa shape index (κ2) is 9.29. The van der Waals surface area contributed by atoms with Gasteiger partial charge in [0.25, 0.3) is 5.89 Å². The van der Waals surface area contributed by atoms with E-state index in [-0.39, 0.29) is 24.5 Å². The second-order valence-corrected chi connectivity index (χ2v) is 6.93. The molecule has 4 rings (SSSR count). The van der Waals surface area contributed by atoms with Crippen LogP contribution in [0.15, 0.2) is 28.8 Å². The molecule has 0 amide bonds. The zero-order chi connectivity index (χ0) is 19.5. The van der Waals surface area contributed by atoms with Crippen molar-refractivity contribution in [2.45, 2.75) is 25.4 Å². The summed E-state index contributed by atoms with van der Waals surface area (Å²) in [5, 5.41) is 19.6. The molecule has 1 aliphatic heterocycles. The first-order chi connectivity index (χ1) is 13.7. The Morgan fingerprint density at radius 3 is 2.97 bits per heavy atom. The van der Waals surface area contributed by atoms with Crippen LogP contribution in [-0.4, -0.2) is 69.0 Å². The number of aromatic nitrogens is 6. The number of ether oxygens (including phenoxy) is 1. The normalized spacial score (nSPS) is 18.2. The van der Waals surface area contributed by atoms with Crippen LogP contribution in [0.3, 0.4) is 0 Å². The van der Waals surface area contributed by atoms with Crippen molar-refractivity contribution in [3.63, 3.8) is 0 Å². The van der Waals surface area contributed by atoms with E-state index >= 15 is 0 Å². The molecule has 3 heterocycles. The summed E-state index contributed by atoms with van der Waals surface area (Å²) in [5.41, 5.74) is 1.07. The molecule has 0 saturated carbocycles. The quantitative estimate of drug-likeness (QED) is 0.629. The molecule has 0 spiro atoms. The highest BCUT2D eigenvalue weighted by molar-refractivity contribution is 5.85. The molecule has 10 nitrogen and oxygen atoms in total. The van der Waals surface area contributed by atoms with Gasteiger partial charge in [0.15, 0.2) is 5.82 Å². The average molecular weight is 421 g/mol. The van der Waals surface area contributed by atoms with Gasteiger partial charge in [-0.2, -0.15) is 4.98 Å². The number of aryl methyl sites for hydroxylation is 1. The number of hydrogen-bond acceptors (Lipinski definition) is 9. The fourth-order valence-electron chi connectivity index (χ4n) is 3.44. The molecular weight excluding hydrogens is 396 g/mol. The lowest BCUT2D eigenvalue weighted by Crippen LogP contribution is -2.44. The predicted octanol–water partition coefficient (Wildman–Crippen LogP) is 1.20. The Labute approximate surface area is 175 Å². The van der Waals surface area contributed by atoms with Crippen LogP contribution in [0.4, 0.5) is 0 Å². The standard InChI is InChI=1S/C18H24N8O2.ClH/c1-12-21-23-24-26(12)15(10-13-5-4-6-14(9-13)27-3)18-20-17(22-28-18)16-11-19-7-8-25(16)2;/h4-6,9,15-16,19H,7-8,10-11H2,1-3H3;1H. The number of methoxy groups -OCH3 is 1. The van der Waals surface area contributed by atoms with Crippen molar-refractivity contribution in [1.29, 1.82) is 0 Å². The number of piperazine rings is 1. The van der Waals surface area contributed by atoms with Gasteiger partial charge in [-0.05, 0) is 42.1 Å². The second-order valence-electron chi connectivity index (χ2n) is 6.93. The first kappa shape index (κ1) is 21.2. The molecule has 1 aliphatic rings. The summed E-state index contributed by atoms with van der Waals surface area (Å²) in [5.74, 6) is 2.65. The van der Waals surface area contributed by atoms with E-state index in [1.165, 1.54) is 0 Å². The van der Waals surface area contributed by atoms with Crippen LogP contribution in [0.2, 0.25) is 0 Å². The van der Waals surface area contributed by atoms with Crippen molar-refractivity contribution >= 4 is 12.4 Å². The molecule has 0 radical (unpaired) electrons. The first-order valence-corrected chi connectivity index (χ1v) is 9.27. The molecule has 0 bridgehead atoms. The van der Waals surface area contributed by atoms with E-state index in [9.17, 15) is 0 Å². The SMILES string of the molecule is COc1cccc(CC(c2nc(C3CNCCN3C)no2)n2nnnc2C)c1.Cl. The Hall–Kier alpha value is -2.56. The van der Waals surface area contributed by atoms with Crippen LogP contribution in [0, 0.1) is 6.92 Å². The highest BCUT2D eigenvalue weighted by Crippen LogP contribution is 2.26. The monoisotopic (exact) mass is 420 g/mol. The number of likely N-dealkylation sites (N-methyl/N-ethyl adjacent to an activating group) is 1. The van der Waals surface area contributed by atoms with E-state index in [0.29, 0.717) is 24.0 Å². The van der Waals surface area contributed by atoms with Crippen molar-refractivity contribution in [3.8, 4) is 5.75 Å². The van der Waals surface area contributed by atoms with Crippen LogP contribution in [0.5, 0.6) is 5.75 Å². The van der Waals surface area contributed by atoms with Gasteiger partial charge >= 0.3 is 0 Å². The van der Waals surface area contributed by atoms with Crippen LogP contribution >= 0.6 is 12.4 Å². The number of tetrazole rings is 1. The Balaban J connectivity index is 0.00000240. The molecular formula is C18H25ClN8O2. The first-order valence-electron chi connectivity index (χ1n) is 9.27. The summed E-state index contributed by atoms with van der Waals surface area (Å²) < 4.78 is 12.7. The Morgan fingerprint density at radius 2 is 2.24 bits per heavy atom. The fourth-order valence-corrected chi connectivity index (χ4v) is 3.44. The van der Waals surface area contributed by atoms with Crippen molar-refractivity contribution in [3.05, 3.63) is 47.4 Å². The minimum Gasteiger partial charge on any atom is -0.497 e. The maximum absolute atomic E-state index is 5.67. The summed E-state index contributed by atoms with van der Waals surface area (Å²) in [6.07, 6.45) is 0.601. The molecule has 1 fully saturated rings. The summed E-state index contributed by atoms with van der Waals surface area (Å²) >= 11 is 0. The third-order valence-electron chi connectivity index (χ3n) is 5.07. The molecule has 29 heavy (non-hydrogen) atoms. The van der Waals surface area contributed by atoms with E-state index < -0.39 is 0 Å². The summed E-state index contributed by atoms with van der Waals surface area (Å²) in [7, 11) is 3.72. The zero-order valence-electron chi connectivity index (χ0n) is 16.6. The average Bonchev–Trinajstić information content (AvgIpc) is 3.36. The predicted molar refractivity (Wildman–Crippen MR) is 107 cm³/mol. The van der Waals surface area contributed by atoms with Crippen LogP contribution in [0.1, 0.15) is 35.2 Å². The van der Waals surface area contributed by atoms with Crippen LogP contribution in [-0.2, 0) is 6.42 Å². The molecule has 1 N–H and O–H groups in total. The molecule has 2 unspecified atom stereocenters. The van der Waals surface area contributed by atoms with E-state index in [1.54, 1.807) is 11.8 Å². The number of nitrogens with zero attached hydrogens (tertiary/aromatic N) is 7. The topological polar surface area (TPSA) is 107 Å². The van der Waals surface area contributed by atoms with E-state index in [4.69, 9.17) is 14.2 Å². The molecule has 1 saturated heterocycles. The van der Waals surface area contributed by atoms with Gasteiger partial charge in [-0.1, -0.05) is 17.3 Å². The third-order valence-corrected chi connectivity index (χ3v) is 5.07. The molecule has 0 aliphatic carbocycles. The minimum absolute atomic E-state index is 0. The van der Waals surface area contributed by atoms with Crippen molar-refractivity contribution < 1.29 is 9.26 Å². The lowest BCUT2D eigenvalue weighted by molar-refractivity contribution is 0.190. The lowest BCUT2D eigenvalue weighted by Gasteiger charge is -2.30. The van der Waals surface area contributed by atoms with Crippen LogP contribution in [0.25, 0.3) is 0 Å². The number of rotatable bonds is 6. The maximum atomic E-state index is 5.67. The summed E-state index contributed by atoms with van der Waals surface area (Å²) in [4.78, 5) is 6.94. The zero-order valence-corrected chi connectivity index (χ0v) is 17.5. The molecule has 3 aromatic rings. The summed E-state index contributed by atoms with van der Waals surface area (Å²) in [6.45, 7) is 4.54. The summed E-state index contributed by atoms with van der Waals surface area (Å²) in [6, 6.07) is 7.68. The fraction of sp³-hybridized carbons (Fsp3) is 0.500. The van der Waals surface area contributed by atoms with Gasteiger partial charge in [-0.15, -0.1) is 17.5 Å².